The average molecular weight is 473 g/mol. The summed E-state index contributed by atoms with van der Waals surface area (Å²) in [6.45, 7) is 3.73. The number of amides is 1. The first-order chi connectivity index (χ1) is 13.8. The molecule has 3 aromatic rings. The van der Waals surface area contributed by atoms with E-state index in [1.54, 1.807) is 12.1 Å². The number of hydrogen-bond donors (Lipinski definition) is 2. The Morgan fingerprint density at radius 2 is 1.55 bits per heavy atom. The summed E-state index contributed by atoms with van der Waals surface area (Å²) >= 11 is 3.39. The number of anilines is 1. The van der Waals surface area contributed by atoms with Gasteiger partial charge in [-0.3, -0.25) is 9.52 Å². The SMILES string of the molecule is Cc1ccccc1NS(=O)(=O)c1ccc(C(=O)NC(C)c2ccc(Br)cc2)cc1. The van der Waals surface area contributed by atoms with Crippen LogP contribution in [0.15, 0.2) is 82.2 Å². The second-order valence-corrected chi connectivity index (χ2v) is 9.29. The maximum Gasteiger partial charge on any atom is 0.261 e. The average Bonchev–Trinajstić information content (AvgIpc) is 2.70. The van der Waals surface area contributed by atoms with Gasteiger partial charge in [-0.25, -0.2) is 8.42 Å². The molecule has 29 heavy (non-hydrogen) atoms. The zero-order chi connectivity index (χ0) is 21.0. The Morgan fingerprint density at radius 1 is 0.931 bits per heavy atom. The Balaban J connectivity index is 1.71. The monoisotopic (exact) mass is 472 g/mol. The minimum Gasteiger partial charge on any atom is -0.346 e. The van der Waals surface area contributed by atoms with E-state index in [1.165, 1.54) is 24.3 Å². The van der Waals surface area contributed by atoms with E-state index in [-0.39, 0.29) is 16.8 Å². The fourth-order valence-electron chi connectivity index (χ4n) is 2.79. The van der Waals surface area contributed by atoms with E-state index in [9.17, 15) is 13.2 Å². The molecule has 5 nitrogen and oxygen atoms in total. The van der Waals surface area contributed by atoms with Crippen LogP contribution in [0, 0.1) is 6.92 Å². The molecule has 0 aliphatic heterocycles. The first-order valence-corrected chi connectivity index (χ1v) is 11.3. The molecule has 0 aliphatic carbocycles. The van der Waals surface area contributed by atoms with E-state index in [0.29, 0.717) is 11.3 Å². The van der Waals surface area contributed by atoms with Crippen molar-refractivity contribution in [3.8, 4) is 0 Å². The molecule has 150 valence electrons. The summed E-state index contributed by atoms with van der Waals surface area (Å²) in [5.41, 5.74) is 2.72. The Morgan fingerprint density at radius 3 is 2.17 bits per heavy atom. The second-order valence-electron chi connectivity index (χ2n) is 6.69. The number of para-hydroxylation sites is 1. The molecule has 0 aromatic heterocycles. The highest BCUT2D eigenvalue weighted by molar-refractivity contribution is 9.10. The standard InChI is InChI=1S/C22H21BrN2O3S/c1-15-5-3-4-6-21(15)25-29(27,28)20-13-9-18(10-14-20)22(26)24-16(2)17-7-11-19(23)12-8-17/h3-14,16,25H,1-2H3,(H,24,26). The Labute approximate surface area is 179 Å². The number of rotatable bonds is 6. The highest BCUT2D eigenvalue weighted by Gasteiger charge is 2.17. The highest BCUT2D eigenvalue weighted by Crippen LogP contribution is 2.20. The zero-order valence-corrected chi connectivity index (χ0v) is 18.4. The van der Waals surface area contributed by atoms with Crippen molar-refractivity contribution in [2.24, 2.45) is 0 Å². The molecule has 1 atom stereocenters. The third kappa shape index (κ3) is 5.25. The second kappa shape index (κ2) is 8.80. The van der Waals surface area contributed by atoms with Crippen molar-refractivity contribution in [3.63, 3.8) is 0 Å². The molecule has 1 amide bonds. The van der Waals surface area contributed by atoms with E-state index in [1.807, 2.05) is 50.2 Å². The van der Waals surface area contributed by atoms with Gasteiger partial charge in [-0.2, -0.15) is 0 Å². The van der Waals surface area contributed by atoms with Crippen molar-refractivity contribution >= 4 is 37.5 Å². The van der Waals surface area contributed by atoms with Crippen molar-refractivity contribution in [2.45, 2.75) is 24.8 Å². The van der Waals surface area contributed by atoms with E-state index in [2.05, 4.69) is 26.0 Å². The number of sulfonamides is 1. The first kappa shape index (κ1) is 21.1. The normalized spacial score (nSPS) is 12.2. The van der Waals surface area contributed by atoms with Gasteiger partial charge in [0.05, 0.1) is 16.6 Å². The summed E-state index contributed by atoms with van der Waals surface area (Å²) in [6, 6.07) is 20.5. The van der Waals surface area contributed by atoms with Gasteiger partial charge in [0.1, 0.15) is 0 Å². The summed E-state index contributed by atoms with van der Waals surface area (Å²) < 4.78 is 28.8. The Hall–Kier alpha value is -2.64. The molecule has 7 heteroatoms. The lowest BCUT2D eigenvalue weighted by atomic mass is 10.1. The van der Waals surface area contributed by atoms with Crippen LogP contribution in [-0.2, 0) is 10.0 Å². The molecule has 3 rings (SSSR count). The predicted molar refractivity (Wildman–Crippen MR) is 118 cm³/mol. The lowest BCUT2D eigenvalue weighted by Gasteiger charge is -2.15. The van der Waals surface area contributed by atoms with Crippen molar-refractivity contribution in [2.75, 3.05) is 4.72 Å². The van der Waals surface area contributed by atoms with Gasteiger partial charge in [0.15, 0.2) is 0 Å². The number of halogens is 1. The molecule has 0 radical (unpaired) electrons. The van der Waals surface area contributed by atoms with Crippen LogP contribution in [0.1, 0.15) is 34.5 Å². The lowest BCUT2D eigenvalue weighted by Crippen LogP contribution is -2.26. The van der Waals surface area contributed by atoms with Crippen molar-refractivity contribution in [1.29, 1.82) is 0 Å². The van der Waals surface area contributed by atoms with Crippen molar-refractivity contribution in [1.82, 2.24) is 5.32 Å². The Bertz CT molecular complexity index is 1110. The summed E-state index contributed by atoms with van der Waals surface area (Å²) in [6.07, 6.45) is 0. The molecule has 2 N–H and O–H groups in total. The van der Waals surface area contributed by atoms with Crippen LogP contribution in [0.5, 0.6) is 0 Å². The molecule has 0 fully saturated rings. The first-order valence-electron chi connectivity index (χ1n) is 9.01. The van der Waals surface area contributed by atoms with Crippen LogP contribution in [-0.4, -0.2) is 14.3 Å². The molecule has 3 aromatic carbocycles. The molecule has 0 heterocycles. The highest BCUT2D eigenvalue weighted by atomic mass is 79.9. The van der Waals surface area contributed by atoms with Crippen molar-refractivity contribution < 1.29 is 13.2 Å². The summed E-state index contributed by atoms with van der Waals surface area (Å²) in [5.74, 6) is -0.267. The number of nitrogens with one attached hydrogen (secondary N) is 2. The van der Waals surface area contributed by atoms with Gasteiger partial charge in [-0.05, 0) is 67.4 Å². The molecule has 0 saturated heterocycles. The molecule has 1 unspecified atom stereocenters. The summed E-state index contributed by atoms with van der Waals surface area (Å²) in [7, 11) is -3.73. The predicted octanol–water partition coefficient (Wildman–Crippen LogP) is 5.05. The van der Waals surface area contributed by atoms with Gasteiger partial charge in [0.25, 0.3) is 15.9 Å². The summed E-state index contributed by atoms with van der Waals surface area (Å²) in [5, 5.41) is 2.92. The third-order valence-corrected chi connectivity index (χ3v) is 6.44. The van der Waals surface area contributed by atoms with Crippen LogP contribution in [0.4, 0.5) is 5.69 Å². The maximum atomic E-state index is 12.6. The number of aryl methyl sites for hydroxylation is 1. The van der Waals surface area contributed by atoms with Crippen LogP contribution in [0.2, 0.25) is 0 Å². The Kier molecular flexibility index (Phi) is 6.39. The van der Waals surface area contributed by atoms with Crippen LogP contribution < -0.4 is 10.0 Å². The topological polar surface area (TPSA) is 75.3 Å². The van der Waals surface area contributed by atoms with E-state index < -0.39 is 10.0 Å². The fraction of sp³-hybridized carbons (Fsp3) is 0.136. The van der Waals surface area contributed by atoms with Gasteiger partial charge in [0.2, 0.25) is 0 Å². The molecule has 0 aliphatic rings. The zero-order valence-electron chi connectivity index (χ0n) is 16.0. The number of carbonyl (C=O) groups is 1. The van der Waals surface area contributed by atoms with Gasteiger partial charge >= 0.3 is 0 Å². The third-order valence-electron chi connectivity index (χ3n) is 4.53. The van der Waals surface area contributed by atoms with Gasteiger partial charge in [-0.15, -0.1) is 0 Å². The van der Waals surface area contributed by atoms with Gasteiger partial charge < -0.3 is 5.32 Å². The molecular weight excluding hydrogens is 452 g/mol. The smallest absolute Gasteiger partial charge is 0.261 e. The quantitative estimate of drug-likeness (QED) is 0.526. The minimum absolute atomic E-state index is 0.0956. The van der Waals surface area contributed by atoms with Crippen LogP contribution in [0.25, 0.3) is 0 Å². The number of carbonyl (C=O) groups excluding carboxylic acids is 1. The van der Waals surface area contributed by atoms with Crippen LogP contribution in [0.3, 0.4) is 0 Å². The molecule has 0 spiro atoms. The van der Waals surface area contributed by atoms with Gasteiger partial charge in [0, 0.05) is 10.0 Å². The fourth-order valence-corrected chi connectivity index (χ4v) is 4.19. The number of hydrogen-bond acceptors (Lipinski definition) is 3. The molecular formula is C22H21BrN2O3S. The molecule has 0 saturated carbocycles. The van der Waals surface area contributed by atoms with Gasteiger partial charge in [-0.1, -0.05) is 46.3 Å². The number of benzene rings is 3. The van der Waals surface area contributed by atoms with E-state index in [0.717, 1.165) is 15.6 Å². The van der Waals surface area contributed by atoms with Crippen LogP contribution >= 0.6 is 15.9 Å². The van der Waals surface area contributed by atoms with Crippen molar-refractivity contribution in [3.05, 3.63) is 94.0 Å². The maximum absolute atomic E-state index is 12.6. The minimum atomic E-state index is -3.73. The lowest BCUT2D eigenvalue weighted by molar-refractivity contribution is 0.0940. The largest absolute Gasteiger partial charge is 0.346 e. The summed E-state index contributed by atoms with van der Waals surface area (Å²) in [4.78, 5) is 12.6. The van der Waals surface area contributed by atoms with E-state index >= 15 is 0 Å². The molecule has 0 bridgehead atoms. The van der Waals surface area contributed by atoms with E-state index in [4.69, 9.17) is 0 Å².